The van der Waals surface area contributed by atoms with Crippen LogP contribution in [-0.2, 0) is 9.53 Å². The van der Waals surface area contributed by atoms with Crippen molar-refractivity contribution in [1.82, 2.24) is 10.3 Å². The summed E-state index contributed by atoms with van der Waals surface area (Å²) in [6.07, 6.45) is -0.831. The monoisotopic (exact) mass is 372 g/mol. The number of nitrogen functional groups attached to an aromatic ring is 1. The van der Waals surface area contributed by atoms with Crippen molar-refractivity contribution in [3.8, 4) is 5.75 Å². The first kappa shape index (κ1) is 19.8. The van der Waals surface area contributed by atoms with E-state index < -0.39 is 6.16 Å². The Morgan fingerprint density at radius 2 is 1.89 bits per heavy atom. The van der Waals surface area contributed by atoms with E-state index in [0.717, 1.165) is 0 Å². The first-order valence-corrected chi connectivity index (χ1v) is 8.09. The number of benzene rings is 1. The molecule has 10 heteroatoms. The number of para-hydroxylation sites is 1. The molecule has 0 aliphatic carbocycles. The maximum atomic E-state index is 11.5. The SMILES string of the molecule is CCOC(=O)Oc1ccccc1/N=N/c1ccc(NC(=O)CNC)nc1N. The number of hydrogen-bond acceptors (Lipinski definition) is 9. The Balaban J connectivity index is 2.14. The van der Waals surface area contributed by atoms with Crippen LogP contribution in [0.3, 0.4) is 0 Å². The number of anilines is 2. The van der Waals surface area contributed by atoms with Crippen molar-refractivity contribution in [2.45, 2.75) is 6.92 Å². The molecule has 0 bridgehead atoms. The lowest BCUT2D eigenvalue weighted by molar-refractivity contribution is -0.115. The molecule has 1 aromatic carbocycles. The van der Waals surface area contributed by atoms with Crippen LogP contribution >= 0.6 is 0 Å². The van der Waals surface area contributed by atoms with Gasteiger partial charge in [-0.25, -0.2) is 9.78 Å². The van der Waals surface area contributed by atoms with Gasteiger partial charge in [0.25, 0.3) is 0 Å². The molecule has 0 saturated carbocycles. The van der Waals surface area contributed by atoms with Crippen molar-refractivity contribution < 1.29 is 19.1 Å². The lowest BCUT2D eigenvalue weighted by atomic mass is 10.3. The number of nitrogens with one attached hydrogen (secondary N) is 2. The average Bonchev–Trinajstić information content (AvgIpc) is 2.62. The standard InChI is InChI=1S/C17H20N6O4/c1-3-26-17(25)27-13-7-5-4-6-11(13)22-23-12-8-9-14(21-16(12)18)20-15(24)10-19-2/h4-9,19H,3,10H2,1-2H3,(H3,18,20,21,24)/b23-22+. The van der Waals surface area contributed by atoms with E-state index in [2.05, 4.69) is 25.8 Å². The molecule has 142 valence electrons. The Bertz CT molecular complexity index is 840. The third-order valence-electron chi connectivity index (χ3n) is 3.09. The number of amides is 1. The van der Waals surface area contributed by atoms with Crippen LogP contribution in [0.1, 0.15) is 6.92 Å². The number of nitrogens with zero attached hydrogens (tertiary/aromatic N) is 3. The molecule has 1 amide bonds. The van der Waals surface area contributed by atoms with Crippen molar-refractivity contribution in [3.63, 3.8) is 0 Å². The van der Waals surface area contributed by atoms with Crippen LogP contribution in [0.4, 0.5) is 27.8 Å². The number of aromatic nitrogens is 1. The summed E-state index contributed by atoms with van der Waals surface area (Å²) >= 11 is 0. The van der Waals surface area contributed by atoms with Gasteiger partial charge in [0.15, 0.2) is 11.6 Å². The van der Waals surface area contributed by atoms with Crippen LogP contribution in [0.15, 0.2) is 46.6 Å². The molecule has 2 rings (SSSR count). The van der Waals surface area contributed by atoms with E-state index in [-0.39, 0.29) is 30.6 Å². The van der Waals surface area contributed by atoms with Crippen LogP contribution in [0.5, 0.6) is 5.75 Å². The van der Waals surface area contributed by atoms with Gasteiger partial charge >= 0.3 is 6.16 Å². The minimum Gasteiger partial charge on any atom is -0.434 e. The number of ether oxygens (including phenoxy) is 2. The third-order valence-corrected chi connectivity index (χ3v) is 3.09. The molecule has 2 aromatic rings. The Morgan fingerprint density at radius 1 is 1.15 bits per heavy atom. The van der Waals surface area contributed by atoms with Crippen molar-refractivity contribution in [2.75, 3.05) is 31.2 Å². The van der Waals surface area contributed by atoms with E-state index >= 15 is 0 Å². The number of azo groups is 1. The van der Waals surface area contributed by atoms with Crippen molar-refractivity contribution in [1.29, 1.82) is 0 Å². The highest BCUT2D eigenvalue weighted by Crippen LogP contribution is 2.30. The second kappa shape index (κ2) is 9.82. The summed E-state index contributed by atoms with van der Waals surface area (Å²) in [6, 6.07) is 9.71. The minimum absolute atomic E-state index is 0.0878. The highest BCUT2D eigenvalue weighted by molar-refractivity contribution is 5.91. The molecule has 0 aliphatic rings. The second-order valence-corrected chi connectivity index (χ2v) is 5.13. The summed E-state index contributed by atoms with van der Waals surface area (Å²) in [5.41, 5.74) is 6.47. The summed E-state index contributed by atoms with van der Waals surface area (Å²) in [5, 5.41) is 13.4. The van der Waals surface area contributed by atoms with Gasteiger partial charge < -0.3 is 25.8 Å². The number of carbonyl (C=O) groups excluding carboxylic acids is 2. The maximum absolute atomic E-state index is 11.5. The van der Waals surface area contributed by atoms with E-state index in [1.54, 1.807) is 50.4 Å². The van der Waals surface area contributed by atoms with Crippen LogP contribution in [-0.4, -0.2) is 37.2 Å². The van der Waals surface area contributed by atoms with E-state index in [1.165, 1.54) is 0 Å². The summed E-state index contributed by atoms with van der Waals surface area (Å²) in [5.74, 6) is 0.341. The molecule has 0 radical (unpaired) electrons. The predicted octanol–water partition coefficient (Wildman–Crippen LogP) is 2.77. The molecule has 0 unspecified atom stereocenters. The van der Waals surface area contributed by atoms with Gasteiger partial charge in [0, 0.05) is 0 Å². The van der Waals surface area contributed by atoms with E-state index in [0.29, 0.717) is 17.2 Å². The Hall–Kier alpha value is -3.53. The zero-order valence-corrected chi connectivity index (χ0v) is 14.9. The number of nitrogens with two attached hydrogens (primary N) is 1. The highest BCUT2D eigenvalue weighted by atomic mass is 16.7. The molecular weight excluding hydrogens is 352 g/mol. The van der Waals surface area contributed by atoms with Crippen LogP contribution in [0.25, 0.3) is 0 Å². The molecule has 1 aromatic heterocycles. The molecule has 1 heterocycles. The second-order valence-electron chi connectivity index (χ2n) is 5.13. The molecule has 0 aliphatic heterocycles. The lowest BCUT2D eigenvalue weighted by Gasteiger charge is -2.07. The fraction of sp³-hybridized carbons (Fsp3) is 0.235. The van der Waals surface area contributed by atoms with E-state index in [9.17, 15) is 9.59 Å². The zero-order valence-electron chi connectivity index (χ0n) is 14.9. The summed E-state index contributed by atoms with van der Waals surface area (Å²) in [7, 11) is 1.66. The largest absolute Gasteiger partial charge is 0.513 e. The fourth-order valence-corrected chi connectivity index (χ4v) is 1.94. The average molecular weight is 372 g/mol. The van der Waals surface area contributed by atoms with Gasteiger partial charge in [-0.2, -0.15) is 0 Å². The molecule has 10 nitrogen and oxygen atoms in total. The van der Waals surface area contributed by atoms with Gasteiger partial charge in [-0.15, -0.1) is 10.2 Å². The first-order chi connectivity index (χ1) is 13.0. The van der Waals surface area contributed by atoms with Gasteiger partial charge in [0.05, 0.1) is 13.2 Å². The van der Waals surface area contributed by atoms with Crippen molar-refractivity contribution in [2.24, 2.45) is 10.2 Å². The topological polar surface area (TPSA) is 140 Å². The Kier molecular flexibility index (Phi) is 7.20. The van der Waals surface area contributed by atoms with Crippen LogP contribution in [0.2, 0.25) is 0 Å². The quantitative estimate of drug-likeness (QED) is 0.385. The van der Waals surface area contributed by atoms with Gasteiger partial charge in [-0.3, -0.25) is 4.79 Å². The van der Waals surface area contributed by atoms with Crippen LogP contribution in [0, 0.1) is 0 Å². The van der Waals surface area contributed by atoms with Gasteiger partial charge in [0.2, 0.25) is 5.91 Å². The number of likely N-dealkylation sites (N-methyl/N-ethyl adjacent to an activating group) is 1. The summed E-state index contributed by atoms with van der Waals surface area (Å²) in [4.78, 5) is 27.1. The molecule has 0 fully saturated rings. The third kappa shape index (κ3) is 6.04. The number of carbonyl (C=O) groups is 2. The smallest absolute Gasteiger partial charge is 0.434 e. The van der Waals surface area contributed by atoms with E-state index in [1.807, 2.05) is 0 Å². The highest BCUT2D eigenvalue weighted by Gasteiger charge is 2.10. The van der Waals surface area contributed by atoms with E-state index in [4.69, 9.17) is 15.2 Å². The van der Waals surface area contributed by atoms with Crippen molar-refractivity contribution >= 4 is 35.1 Å². The van der Waals surface area contributed by atoms with Gasteiger partial charge in [-0.1, -0.05) is 12.1 Å². The maximum Gasteiger partial charge on any atom is 0.513 e. The number of rotatable bonds is 7. The normalized spacial score (nSPS) is 10.6. The molecule has 0 saturated heterocycles. The van der Waals surface area contributed by atoms with Crippen molar-refractivity contribution in [3.05, 3.63) is 36.4 Å². The van der Waals surface area contributed by atoms with Gasteiger partial charge in [-0.05, 0) is 38.2 Å². The predicted molar refractivity (Wildman–Crippen MR) is 99.5 cm³/mol. The van der Waals surface area contributed by atoms with Gasteiger partial charge in [0.1, 0.15) is 17.2 Å². The molecule has 4 N–H and O–H groups in total. The summed E-state index contributed by atoms with van der Waals surface area (Å²) in [6.45, 7) is 2.02. The molecular formula is C17H20N6O4. The first-order valence-electron chi connectivity index (χ1n) is 8.09. The molecule has 27 heavy (non-hydrogen) atoms. The number of pyridine rings is 1. The Morgan fingerprint density at radius 3 is 2.59 bits per heavy atom. The molecule has 0 spiro atoms. The zero-order chi connectivity index (χ0) is 19.6. The van der Waals surface area contributed by atoms with Crippen LogP contribution < -0.4 is 21.1 Å². The minimum atomic E-state index is -0.831. The Labute approximate surface area is 155 Å². The molecule has 0 atom stereocenters. The number of hydrogen-bond donors (Lipinski definition) is 3. The lowest BCUT2D eigenvalue weighted by Crippen LogP contribution is -2.25. The fourth-order valence-electron chi connectivity index (χ4n) is 1.94. The summed E-state index contributed by atoms with van der Waals surface area (Å²) < 4.78 is 9.82.